The van der Waals surface area contributed by atoms with Gasteiger partial charge in [-0.25, -0.2) is 0 Å². The van der Waals surface area contributed by atoms with E-state index in [2.05, 4.69) is 77.9 Å². The Bertz CT molecular complexity index is 588. The van der Waals surface area contributed by atoms with Gasteiger partial charge in [-0.15, -0.1) is 0 Å². The molecule has 3 rings (SSSR count). The third-order valence-corrected chi connectivity index (χ3v) is 16.8. The van der Waals surface area contributed by atoms with Crippen molar-refractivity contribution in [2.75, 3.05) is 13.2 Å². The molecule has 0 saturated carbocycles. The molecule has 8 heteroatoms. The van der Waals surface area contributed by atoms with Crippen molar-refractivity contribution in [2.45, 2.75) is 114 Å². The molecular formula is C20H42N2O4Si2. The van der Waals surface area contributed by atoms with Gasteiger partial charge in [0.15, 0.2) is 22.9 Å². The van der Waals surface area contributed by atoms with Crippen LogP contribution >= 0.6 is 0 Å². The Morgan fingerprint density at radius 1 is 0.929 bits per heavy atom. The van der Waals surface area contributed by atoms with E-state index in [1.807, 2.05) is 0 Å². The molecule has 0 amide bonds. The van der Waals surface area contributed by atoms with Crippen LogP contribution in [0.4, 0.5) is 0 Å². The SMILES string of the molecule is CC(C)(C)[Si](C)(C)OCC1NC1C1OC(O)C2C(CO[Si](C)(C)C(C)(C)C)N12. The second-order valence-corrected chi connectivity index (χ2v) is 21.5. The van der Waals surface area contributed by atoms with E-state index in [0.29, 0.717) is 12.6 Å². The van der Waals surface area contributed by atoms with Crippen molar-refractivity contribution in [1.82, 2.24) is 10.2 Å². The molecule has 164 valence electrons. The average molecular weight is 431 g/mol. The van der Waals surface area contributed by atoms with Crippen LogP contribution in [0.25, 0.3) is 0 Å². The molecule has 3 heterocycles. The van der Waals surface area contributed by atoms with E-state index in [1.54, 1.807) is 0 Å². The molecule has 3 fully saturated rings. The smallest absolute Gasteiger partial charge is 0.192 e. The highest BCUT2D eigenvalue weighted by atomic mass is 28.4. The summed E-state index contributed by atoms with van der Waals surface area (Å²) in [5, 5.41) is 14.3. The Balaban J connectivity index is 1.50. The fourth-order valence-electron chi connectivity index (χ4n) is 3.41. The van der Waals surface area contributed by atoms with Crippen LogP contribution in [0.2, 0.25) is 36.3 Å². The van der Waals surface area contributed by atoms with Crippen molar-refractivity contribution in [3.05, 3.63) is 0 Å². The highest BCUT2D eigenvalue weighted by Crippen LogP contribution is 2.46. The van der Waals surface area contributed by atoms with Gasteiger partial charge in [-0.3, -0.25) is 4.90 Å². The Morgan fingerprint density at radius 3 is 1.93 bits per heavy atom. The molecule has 0 aromatic heterocycles. The lowest BCUT2D eigenvalue weighted by molar-refractivity contribution is -0.119. The number of aliphatic hydroxyl groups excluding tert-OH is 1. The molecule has 28 heavy (non-hydrogen) atoms. The van der Waals surface area contributed by atoms with Crippen molar-refractivity contribution >= 4 is 16.6 Å². The molecule has 2 N–H and O–H groups in total. The zero-order valence-corrected chi connectivity index (χ0v) is 21.5. The topological polar surface area (TPSA) is 72.9 Å². The minimum Gasteiger partial charge on any atom is -0.415 e. The van der Waals surface area contributed by atoms with Crippen LogP contribution in [0.1, 0.15) is 41.5 Å². The number of fused-ring (bicyclic) bond motifs is 1. The number of rotatable bonds is 7. The third-order valence-electron chi connectivity index (χ3n) is 7.79. The van der Waals surface area contributed by atoms with Crippen molar-refractivity contribution in [3.63, 3.8) is 0 Å². The molecule has 0 spiro atoms. The maximum atomic E-state index is 10.3. The minimum absolute atomic E-state index is 0.0685. The molecule has 0 aromatic carbocycles. The zero-order valence-electron chi connectivity index (χ0n) is 19.5. The van der Waals surface area contributed by atoms with Gasteiger partial charge in [-0.2, -0.15) is 0 Å². The average Bonchev–Trinajstić information content (AvgIpc) is 3.40. The van der Waals surface area contributed by atoms with E-state index in [-0.39, 0.29) is 34.4 Å². The number of ether oxygens (including phenoxy) is 1. The molecule has 3 aliphatic heterocycles. The molecule has 3 saturated heterocycles. The highest BCUT2D eigenvalue weighted by Gasteiger charge is 2.66. The molecular weight excluding hydrogens is 388 g/mol. The minimum atomic E-state index is -1.78. The third kappa shape index (κ3) is 4.30. The molecule has 0 bridgehead atoms. The van der Waals surface area contributed by atoms with Crippen molar-refractivity contribution < 1.29 is 18.7 Å². The number of nitrogens with one attached hydrogen (secondary N) is 1. The van der Waals surface area contributed by atoms with Gasteiger partial charge in [-0.1, -0.05) is 41.5 Å². The summed E-state index contributed by atoms with van der Waals surface area (Å²) in [6.07, 6.45) is -0.775. The number of aliphatic hydroxyl groups is 1. The maximum Gasteiger partial charge on any atom is 0.192 e. The molecule has 7 atom stereocenters. The molecule has 3 aliphatic rings. The summed E-state index contributed by atoms with van der Waals surface area (Å²) in [5.41, 5.74) is 0. The van der Waals surface area contributed by atoms with E-state index in [0.717, 1.165) is 6.61 Å². The van der Waals surface area contributed by atoms with Gasteiger partial charge < -0.3 is 24.0 Å². The van der Waals surface area contributed by atoms with Crippen molar-refractivity contribution in [3.8, 4) is 0 Å². The predicted molar refractivity (Wildman–Crippen MR) is 117 cm³/mol. The van der Waals surface area contributed by atoms with Gasteiger partial charge >= 0.3 is 0 Å². The van der Waals surface area contributed by atoms with Crippen LogP contribution in [0.3, 0.4) is 0 Å². The van der Waals surface area contributed by atoms with E-state index < -0.39 is 22.9 Å². The lowest BCUT2D eigenvalue weighted by Crippen LogP contribution is -2.43. The molecule has 0 aromatic rings. The van der Waals surface area contributed by atoms with Crippen LogP contribution in [0.15, 0.2) is 0 Å². The Hall–Kier alpha value is 0.194. The summed E-state index contributed by atoms with van der Waals surface area (Å²) < 4.78 is 18.6. The first-order valence-electron chi connectivity index (χ1n) is 10.7. The lowest BCUT2D eigenvalue weighted by Gasteiger charge is -2.36. The predicted octanol–water partition coefficient (Wildman–Crippen LogP) is 3.10. The normalized spacial score (nSPS) is 38.5. The summed E-state index contributed by atoms with van der Waals surface area (Å²) in [5.74, 6) is 0. The molecule has 6 nitrogen and oxygen atoms in total. The van der Waals surface area contributed by atoms with Crippen LogP contribution in [-0.2, 0) is 13.6 Å². The Labute approximate surface area is 173 Å². The molecule has 0 aliphatic carbocycles. The van der Waals surface area contributed by atoms with Crippen molar-refractivity contribution in [1.29, 1.82) is 0 Å². The second-order valence-electron chi connectivity index (χ2n) is 11.9. The summed E-state index contributed by atoms with van der Waals surface area (Å²) in [6.45, 7) is 24.1. The van der Waals surface area contributed by atoms with Crippen LogP contribution in [0.5, 0.6) is 0 Å². The van der Waals surface area contributed by atoms with E-state index in [4.69, 9.17) is 13.6 Å². The monoisotopic (exact) mass is 430 g/mol. The fourth-order valence-corrected chi connectivity index (χ4v) is 5.46. The van der Waals surface area contributed by atoms with Gasteiger partial charge in [0.25, 0.3) is 0 Å². The van der Waals surface area contributed by atoms with Gasteiger partial charge in [0, 0.05) is 6.04 Å². The maximum absolute atomic E-state index is 10.3. The van der Waals surface area contributed by atoms with E-state index >= 15 is 0 Å². The number of nitrogens with zero attached hydrogens (tertiary/aromatic N) is 1. The fraction of sp³-hybridized carbons (Fsp3) is 1.00. The summed E-state index contributed by atoms with van der Waals surface area (Å²) >= 11 is 0. The first-order chi connectivity index (χ1) is 12.6. The van der Waals surface area contributed by atoms with Gasteiger partial charge in [0.05, 0.1) is 31.3 Å². The molecule has 0 radical (unpaired) electrons. The first kappa shape index (κ1) is 22.9. The quantitative estimate of drug-likeness (QED) is 0.478. The van der Waals surface area contributed by atoms with Crippen LogP contribution < -0.4 is 5.32 Å². The molecule has 7 unspecified atom stereocenters. The number of hydrogen-bond acceptors (Lipinski definition) is 6. The summed E-state index contributed by atoms with van der Waals surface area (Å²) in [7, 11) is -3.52. The summed E-state index contributed by atoms with van der Waals surface area (Å²) in [4.78, 5) is 2.29. The van der Waals surface area contributed by atoms with Gasteiger partial charge in [0.1, 0.15) is 6.23 Å². The lowest BCUT2D eigenvalue weighted by atomic mass is 10.2. The van der Waals surface area contributed by atoms with E-state index in [1.165, 1.54) is 0 Å². The number of hydrogen-bond donors (Lipinski definition) is 2. The van der Waals surface area contributed by atoms with Gasteiger partial charge in [0.2, 0.25) is 0 Å². The van der Waals surface area contributed by atoms with Crippen molar-refractivity contribution in [2.24, 2.45) is 0 Å². The largest absolute Gasteiger partial charge is 0.415 e. The van der Waals surface area contributed by atoms with Crippen LogP contribution in [0, 0.1) is 0 Å². The first-order valence-corrected chi connectivity index (χ1v) is 16.5. The van der Waals surface area contributed by atoms with Gasteiger partial charge in [-0.05, 0) is 36.3 Å². The summed E-state index contributed by atoms with van der Waals surface area (Å²) in [6, 6.07) is 0.904. The van der Waals surface area contributed by atoms with E-state index in [9.17, 15) is 5.11 Å². The Kier molecular flexibility index (Phi) is 5.81. The highest BCUT2D eigenvalue weighted by molar-refractivity contribution is 6.74. The Morgan fingerprint density at radius 2 is 1.43 bits per heavy atom. The van der Waals surface area contributed by atoms with Crippen LogP contribution in [-0.4, -0.2) is 76.5 Å². The zero-order chi connectivity index (χ0) is 21.3. The standard InChI is InChI=1S/C20H42N2O4Si2/c1-19(2,3)27(7,8)24-11-13-15(21-13)17-22-14(16(22)18(23)26-17)12-25-28(9,10)20(4,5)6/h13-18,21,23H,11-12H2,1-10H3. The second kappa shape index (κ2) is 7.12.